The molecule has 0 amide bonds. The fourth-order valence-electron chi connectivity index (χ4n) is 2.12. The van der Waals surface area contributed by atoms with Gasteiger partial charge < -0.3 is 15.0 Å². The van der Waals surface area contributed by atoms with Crippen LogP contribution in [0.1, 0.15) is 12.8 Å². The van der Waals surface area contributed by atoms with Crippen molar-refractivity contribution in [3.05, 3.63) is 34.9 Å². The summed E-state index contributed by atoms with van der Waals surface area (Å²) < 4.78 is 23.8. The van der Waals surface area contributed by atoms with Crippen molar-refractivity contribution in [2.75, 3.05) is 13.2 Å². The van der Waals surface area contributed by atoms with E-state index in [1.165, 1.54) is 12.1 Å². The van der Waals surface area contributed by atoms with Gasteiger partial charge in [-0.1, -0.05) is 16.8 Å². The Balaban J connectivity index is 1.96. The molecule has 1 aromatic carbocycles. The molecule has 1 fully saturated rings. The van der Waals surface area contributed by atoms with Crippen molar-refractivity contribution >= 4 is 11.6 Å². The van der Waals surface area contributed by atoms with Crippen LogP contribution in [0.25, 0.3) is 11.4 Å². The van der Waals surface area contributed by atoms with E-state index in [1.807, 2.05) is 6.92 Å². The van der Waals surface area contributed by atoms with E-state index in [0.717, 1.165) is 0 Å². The highest BCUT2D eigenvalue weighted by molar-refractivity contribution is 6.31. The molecule has 1 aromatic heterocycles. The fourth-order valence-corrected chi connectivity index (χ4v) is 2.30. The molecule has 0 aliphatic carbocycles. The maximum Gasteiger partial charge on any atom is 0.236 e. The molecule has 1 saturated heterocycles. The molecule has 2 heterocycles. The van der Waals surface area contributed by atoms with Gasteiger partial charge in [0.2, 0.25) is 11.7 Å². The SMILES string of the molecule is CC1(c2nc(-c3ccc(F)c(Cl)c3)no2)COCC1N. The summed E-state index contributed by atoms with van der Waals surface area (Å²) in [5.74, 6) is 0.275. The number of rotatable bonds is 2. The van der Waals surface area contributed by atoms with E-state index in [4.69, 9.17) is 26.6 Å². The Morgan fingerprint density at radius 2 is 2.30 bits per heavy atom. The minimum Gasteiger partial charge on any atom is -0.379 e. The Morgan fingerprint density at radius 1 is 1.50 bits per heavy atom. The van der Waals surface area contributed by atoms with Gasteiger partial charge in [-0.25, -0.2) is 4.39 Å². The highest BCUT2D eigenvalue weighted by Crippen LogP contribution is 2.32. The van der Waals surface area contributed by atoms with Crippen molar-refractivity contribution in [1.29, 1.82) is 0 Å². The summed E-state index contributed by atoms with van der Waals surface area (Å²) in [5, 5.41) is 3.92. The number of benzene rings is 1. The lowest BCUT2D eigenvalue weighted by molar-refractivity contribution is 0.169. The average molecular weight is 298 g/mol. The number of hydrogen-bond acceptors (Lipinski definition) is 5. The Hall–Kier alpha value is -1.50. The van der Waals surface area contributed by atoms with E-state index in [0.29, 0.717) is 30.5 Å². The van der Waals surface area contributed by atoms with Gasteiger partial charge in [-0.2, -0.15) is 4.98 Å². The molecule has 7 heteroatoms. The van der Waals surface area contributed by atoms with Crippen LogP contribution in [0.2, 0.25) is 5.02 Å². The van der Waals surface area contributed by atoms with E-state index in [2.05, 4.69) is 10.1 Å². The summed E-state index contributed by atoms with van der Waals surface area (Å²) in [4.78, 5) is 4.34. The smallest absolute Gasteiger partial charge is 0.236 e. The first-order valence-electron chi connectivity index (χ1n) is 6.13. The quantitative estimate of drug-likeness (QED) is 0.919. The lowest BCUT2D eigenvalue weighted by atomic mass is 9.86. The van der Waals surface area contributed by atoms with Crippen LogP contribution < -0.4 is 5.73 Å². The first kappa shape index (κ1) is 13.5. The first-order chi connectivity index (χ1) is 9.50. The van der Waals surface area contributed by atoms with E-state index in [9.17, 15) is 4.39 Å². The second-order valence-electron chi connectivity index (χ2n) is 5.09. The molecule has 2 aromatic rings. The zero-order chi connectivity index (χ0) is 14.3. The number of nitrogens with zero attached hydrogens (tertiary/aromatic N) is 2. The lowest BCUT2D eigenvalue weighted by Crippen LogP contribution is -2.42. The van der Waals surface area contributed by atoms with Crippen LogP contribution in [0.4, 0.5) is 4.39 Å². The number of hydrogen-bond donors (Lipinski definition) is 1. The molecule has 5 nitrogen and oxygen atoms in total. The minimum absolute atomic E-state index is 0.0148. The summed E-state index contributed by atoms with van der Waals surface area (Å²) in [7, 11) is 0. The van der Waals surface area contributed by atoms with Gasteiger partial charge in [-0.3, -0.25) is 0 Å². The fraction of sp³-hybridized carbons (Fsp3) is 0.385. The van der Waals surface area contributed by atoms with Gasteiger partial charge in [0, 0.05) is 11.6 Å². The van der Waals surface area contributed by atoms with Crippen molar-refractivity contribution in [3.63, 3.8) is 0 Å². The third-order valence-electron chi connectivity index (χ3n) is 3.61. The summed E-state index contributed by atoms with van der Waals surface area (Å²) in [6.07, 6.45) is 0. The Labute approximate surface area is 119 Å². The van der Waals surface area contributed by atoms with Crippen molar-refractivity contribution in [2.45, 2.75) is 18.4 Å². The van der Waals surface area contributed by atoms with Crippen LogP contribution in [0.15, 0.2) is 22.7 Å². The molecule has 0 spiro atoms. The van der Waals surface area contributed by atoms with Crippen molar-refractivity contribution in [2.24, 2.45) is 5.73 Å². The van der Waals surface area contributed by atoms with Gasteiger partial charge in [0.25, 0.3) is 0 Å². The van der Waals surface area contributed by atoms with Gasteiger partial charge in [-0.05, 0) is 25.1 Å². The Morgan fingerprint density at radius 3 is 2.95 bits per heavy atom. The van der Waals surface area contributed by atoms with Crippen LogP contribution in [-0.2, 0) is 10.2 Å². The minimum atomic E-state index is -0.505. The van der Waals surface area contributed by atoms with Crippen molar-refractivity contribution < 1.29 is 13.7 Å². The summed E-state index contributed by atoms with van der Waals surface area (Å²) in [6, 6.07) is 4.06. The molecular weight excluding hydrogens is 285 g/mol. The molecule has 0 bridgehead atoms. The zero-order valence-electron chi connectivity index (χ0n) is 10.8. The van der Waals surface area contributed by atoms with E-state index in [-0.39, 0.29) is 11.1 Å². The van der Waals surface area contributed by atoms with Gasteiger partial charge in [-0.15, -0.1) is 0 Å². The molecule has 1 aliphatic rings. The molecule has 20 heavy (non-hydrogen) atoms. The first-order valence-corrected chi connectivity index (χ1v) is 6.51. The van der Waals surface area contributed by atoms with Crippen LogP contribution in [0, 0.1) is 5.82 Å². The zero-order valence-corrected chi connectivity index (χ0v) is 11.5. The predicted octanol–water partition coefficient (Wildman–Crippen LogP) is 2.14. The summed E-state index contributed by atoms with van der Waals surface area (Å²) in [6.45, 7) is 2.80. The van der Waals surface area contributed by atoms with Gasteiger partial charge >= 0.3 is 0 Å². The Bertz CT molecular complexity index is 648. The lowest BCUT2D eigenvalue weighted by Gasteiger charge is -2.21. The number of nitrogens with two attached hydrogens (primary N) is 1. The molecular formula is C13H13ClFN3O2. The standard InChI is InChI=1S/C13H13ClFN3O2/c1-13(6-19-5-10(13)16)12-17-11(18-20-12)7-2-3-9(15)8(14)4-7/h2-4,10H,5-6,16H2,1H3. The van der Waals surface area contributed by atoms with Gasteiger partial charge in [0.05, 0.1) is 23.7 Å². The second-order valence-corrected chi connectivity index (χ2v) is 5.50. The second kappa shape index (κ2) is 4.80. The van der Waals surface area contributed by atoms with Crippen LogP contribution in [0.3, 0.4) is 0 Å². The molecule has 0 saturated carbocycles. The largest absolute Gasteiger partial charge is 0.379 e. The third-order valence-corrected chi connectivity index (χ3v) is 3.90. The molecule has 106 valence electrons. The van der Waals surface area contributed by atoms with Gasteiger partial charge in [0.1, 0.15) is 5.82 Å². The molecule has 2 atom stereocenters. The predicted molar refractivity (Wildman–Crippen MR) is 70.8 cm³/mol. The van der Waals surface area contributed by atoms with Gasteiger partial charge in [0.15, 0.2) is 0 Å². The highest BCUT2D eigenvalue weighted by atomic mass is 35.5. The normalized spacial score (nSPS) is 26.1. The van der Waals surface area contributed by atoms with E-state index < -0.39 is 11.2 Å². The monoisotopic (exact) mass is 297 g/mol. The maximum absolute atomic E-state index is 13.1. The van der Waals surface area contributed by atoms with Crippen LogP contribution in [0.5, 0.6) is 0 Å². The summed E-state index contributed by atoms with van der Waals surface area (Å²) >= 11 is 5.75. The van der Waals surface area contributed by atoms with Crippen molar-refractivity contribution in [3.8, 4) is 11.4 Å². The van der Waals surface area contributed by atoms with Crippen molar-refractivity contribution in [1.82, 2.24) is 10.1 Å². The topological polar surface area (TPSA) is 74.2 Å². The van der Waals surface area contributed by atoms with E-state index >= 15 is 0 Å². The molecule has 0 radical (unpaired) electrons. The highest BCUT2D eigenvalue weighted by Gasteiger charge is 2.44. The summed E-state index contributed by atoms with van der Waals surface area (Å²) in [5.41, 5.74) is 6.09. The molecule has 2 unspecified atom stereocenters. The molecule has 3 rings (SSSR count). The number of ether oxygens (including phenoxy) is 1. The number of halogens is 2. The van der Waals surface area contributed by atoms with Crippen LogP contribution in [-0.4, -0.2) is 29.4 Å². The van der Waals surface area contributed by atoms with E-state index in [1.54, 1.807) is 6.07 Å². The molecule has 1 aliphatic heterocycles. The average Bonchev–Trinajstić information content (AvgIpc) is 3.02. The molecule has 2 N–H and O–H groups in total. The number of aromatic nitrogens is 2. The maximum atomic E-state index is 13.1. The Kier molecular flexibility index (Phi) is 3.24. The third kappa shape index (κ3) is 2.09. The van der Waals surface area contributed by atoms with Crippen LogP contribution >= 0.6 is 11.6 Å².